The zero-order chi connectivity index (χ0) is 15.9. The Hall–Kier alpha value is -2.21. The second-order valence-corrected chi connectivity index (χ2v) is 5.22. The van der Waals surface area contributed by atoms with E-state index in [0.29, 0.717) is 29.6 Å². The van der Waals surface area contributed by atoms with E-state index in [1.165, 1.54) is 0 Å². The van der Waals surface area contributed by atoms with Crippen LogP contribution in [0.1, 0.15) is 13.8 Å². The van der Waals surface area contributed by atoms with Gasteiger partial charge in [-0.25, -0.2) is 9.78 Å². The lowest BCUT2D eigenvalue weighted by molar-refractivity contribution is 0.247. The molecule has 0 saturated heterocycles. The molecule has 2 rings (SSSR count). The van der Waals surface area contributed by atoms with Crippen LogP contribution in [-0.2, 0) is 6.54 Å². The number of nitrogens with zero attached hydrogens (tertiary/aromatic N) is 2. The standard InChI is InChI=1S/C15H19ClN4O2/c1-3-22-14-12(16)5-4-6-13(14)19-15(21)18-11(2)9-20-8-7-17-10-20/h4-8,10-11H,3,9H2,1-2H3,(H2,18,19,21). The average Bonchev–Trinajstić information content (AvgIpc) is 2.95. The van der Waals surface area contributed by atoms with Gasteiger partial charge in [-0.05, 0) is 26.0 Å². The van der Waals surface area contributed by atoms with Gasteiger partial charge in [-0.1, -0.05) is 17.7 Å². The van der Waals surface area contributed by atoms with Gasteiger partial charge in [-0.15, -0.1) is 0 Å². The first kappa shape index (κ1) is 16.2. The molecular weight excluding hydrogens is 304 g/mol. The number of carbonyl (C=O) groups is 1. The summed E-state index contributed by atoms with van der Waals surface area (Å²) in [5.74, 6) is 0.476. The van der Waals surface area contributed by atoms with Gasteiger partial charge < -0.3 is 19.9 Å². The number of para-hydroxylation sites is 1. The van der Waals surface area contributed by atoms with Crippen LogP contribution in [0.5, 0.6) is 5.75 Å². The minimum atomic E-state index is -0.309. The predicted molar refractivity (Wildman–Crippen MR) is 86.5 cm³/mol. The SMILES string of the molecule is CCOc1c(Cl)cccc1NC(=O)NC(C)Cn1ccnc1. The molecule has 2 amide bonds. The first-order chi connectivity index (χ1) is 10.6. The smallest absolute Gasteiger partial charge is 0.319 e. The molecule has 1 atom stereocenters. The summed E-state index contributed by atoms with van der Waals surface area (Å²) in [5, 5.41) is 6.08. The van der Waals surface area contributed by atoms with Gasteiger partial charge >= 0.3 is 6.03 Å². The van der Waals surface area contributed by atoms with Crippen LogP contribution in [-0.4, -0.2) is 28.2 Å². The molecule has 7 heteroatoms. The number of imidazole rings is 1. The van der Waals surface area contributed by atoms with Crippen molar-refractivity contribution in [1.29, 1.82) is 0 Å². The molecule has 22 heavy (non-hydrogen) atoms. The van der Waals surface area contributed by atoms with Gasteiger partial charge in [0.2, 0.25) is 0 Å². The Morgan fingerprint density at radius 3 is 3.00 bits per heavy atom. The fourth-order valence-corrected chi connectivity index (χ4v) is 2.27. The van der Waals surface area contributed by atoms with Crippen LogP contribution in [0, 0.1) is 0 Å². The Morgan fingerprint density at radius 1 is 1.50 bits per heavy atom. The first-order valence-electron chi connectivity index (χ1n) is 7.04. The zero-order valence-electron chi connectivity index (χ0n) is 12.5. The van der Waals surface area contributed by atoms with Crippen molar-refractivity contribution in [2.24, 2.45) is 0 Å². The summed E-state index contributed by atoms with van der Waals surface area (Å²) >= 11 is 6.09. The molecule has 0 aliphatic heterocycles. The molecule has 6 nitrogen and oxygen atoms in total. The van der Waals surface area contributed by atoms with Crippen molar-refractivity contribution < 1.29 is 9.53 Å². The Labute approximate surface area is 134 Å². The number of hydrogen-bond acceptors (Lipinski definition) is 3. The third-order valence-corrected chi connectivity index (χ3v) is 3.22. The number of carbonyl (C=O) groups excluding carboxylic acids is 1. The lowest BCUT2D eigenvalue weighted by Crippen LogP contribution is -2.38. The molecule has 1 aromatic carbocycles. The number of benzene rings is 1. The topological polar surface area (TPSA) is 68.2 Å². The van der Waals surface area contributed by atoms with Gasteiger partial charge in [0, 0.05) is 25.0 Å². The molecule has 1 heterocycles. The number of aromatic nitrogens is 2. The van der Waals surface area contributed by atoms with E-state index in [2.05, 4.69) is 15.6 Å². The molecular formula is C15H19ClN4O2. The first-order valence-corrected chi connectivity index (χ1v) is 7.42. The van der Waals surface area contributed by atoms with Gasteiger partial charge in [0.05, 0.1) is 23.6 Å². The second-order valence-electron chi connectivity index (χ2n) is 4.81. The molecule has 2 N–H and O–H groups in total. The van der Waals surface area contributed by atoms with Crippen molar-refractivity contribution in [2.45, 2.75) is 26.4 Å². The summed E-state index contributed by atoms with van der Waals surface area (Å²) < 4.78 is 7.37. The molecule has 1 aromatic heterocycles. The number of amides is 2. The number of anilines is 1. The minimum Gasteiger partial charge on any atom is -0.490 e. The van der Waals surface area contributed by atoms with Crippen LogP contribution in [0.3, 0.4) is 0 Å². The second kappa shape index (κ2) is 7.70. The molecule has 0 aliphatic rings. The molecule has 0 aliphatic carbocycles. The summed E-state index contributed by atoms with van der Waals surface area (Å²) in [4.78, 5) is 16.0. The van der Waals surface area contributed by atoms with Gasteiger partial charge in [0.15, 0.2) is 5.75 Å². The third kappa shape index (κ3) is 4.39. The Balaban J connectivity index is 1.95. The molecule has 0 bridgehead atoms. The Morgan fingerprint density at radius 2 is 2.32 bits per heavy atom. The van der Waals surface area contributed by atoms with Crippen molar-refractivity contribution in [1.82, 2.24) is 14.9 Å². The van der Waals surface area contributed by atoms with Crippen LogP contribution >= 0.6 is 11.6 Å². The Kier molecular flexibility index (Phi) is 5.66. The zero-order valence-corrected chi connectivity index (χ0v) is 13.3. The van der Waals surface area contributed by atoms with E-state index in [0.717, 1.165) is 0 Å². The minimum absolute atomic E-state index is 0.0519. The number of ether oxygens (including phenoxy) is 1. The van der Waals surface area contributed by atoms with Crippen molar-refractivity contribution in [3.05, 3.63) is 41.9 Å². The quantitative estimate of drug-likeness (QED) is 0.858. The van der Waals surface area contributed by atoms with Crippen molar-refractivity contribution >= 4 is 23.3 Å². The number of rotatable bonds is 6. The Bertz CT molecular complexity index is 616. The van der Waals surface area contributed by atoms with Gasteiger partial charge in [0.1, 0.15) is 0 Å². The molecule has 0 fully saturated rings. The van der Waals surface area contributed by atoms with Crippen LogP contribution in [0.25, 0.3) is 0 Å². The maximum Gasteiger partial charge on any atom is 0.319 e. The fraction of sp³-hybridized carbons (Fsp3) is 0.333. The number of nitrogens with one attached hydrogen (secondary N) is 2. The number of halogens is 1. The van der Waals surface area contributed by atoms with E-state index >= 15 is 0 Å². The van der Waals surface area contributed by atoms with Crippen LogP contribution in [0.2, 0.25) is 5.02 Å². The maximum atomic E-state index is 12.1. The van der Waals surface area contributed by atoms with E-state index in [1.54, 1.807) is 30.7 Å². The maximum absolute atomic E-state index is 12.1. The highest BCUT2D eigenvalue weighted by Gasteiger charge is 2.13. The van der Waals surface area contributed by atoms with Crippen molar-refractivity contribution in [2.75, 3.05) is 11.9 Å². The predicted octanol–water partition coefficient (Wildman–Crippen LogP) is 3.15. The lowest BCUT2D eigenvalue weighted by Gasteiger charge is -2.17. The van der Waals surface area contributed by atoms with E-state index < -0.39 is 0 Å². The summed E-state index contributed by atoms with van der Waals surface area (Å²) in [6.45, 7) is 4.89. The molecule has 0 radical (unpaired) electrons. The third-order valence-electron chi connectivity index (χ3n) is 2.93. The molecule has 0 saturated carbocycles. The van der Waals surface area contributed by atoms with Crippen molar-refractivity contribution in [3.63, 3.8) is 0 Å². The van der Waals surface area contributed by atoms with Gasteiger partial charge in [0.25, 0.3) is 0 Å². The average molecular weight is 323 g/mol. The molecule has 1 unspecified atom stereocenters. The summed E-state index contributed by atoms with van der Waals surface area (Å²) in [6, 6.07) is 4.86. The molecule has 2 aromatic rings. The summed E-state index contributed by atoms with van der Waals surface area (Å²) in [5.41, 5.74) is 0.543. The molecule has 0 spiro atoms. The highest BCUT2D eigenvalue weighted by molar-refractivity contribution is 6.32. The van der Waals surface area contributed by atoms with Crippen LogP contribution in [0.4, 0.5) is 10.5 Å². The highest BCUT2D eigenvalue weighted by atomic mass is 35.5. The largest absolute Gasteiger partial charge is 0.490 e. The van der Waals surface area contributed by atoms with Crippen LogP contribution < -0.4 is 15.4 Å². The summed E-state index contributed by atoms with van der Waals surface area (Å²) in [6.07, 6.45) is 5.26. The van der Waals surface area contributed by atoms with E-state index in [4.69, 9.17) is 16.3 Å². The van der Waals surface area contributed by atoms with E-state index in [-0.39, 0.29) is 12.1 Å². The monoisotopic (exact) mass is 322 g/mol. The van der Waals surface area contributed by atoms with Gasteiger partial charge in [-0.3, -0.25) is 0 Å². The summed E-state index contributed by atoms with van der Waals surface area (Å²) in [7, 11) is 0. The number of urea groups is 1. The fourth-order valence-electron chi connectivity index (χ4n) is 2.04. The lowest BCUT2D eigenvalue weighted by atomic mass is 10.3. The van der Waals surface area contributed by atoms with Crippen molar-refractivity contribution in [3.8, 4) is 5.75 Å². The van der Waals surface area contributed by atoms with E-state index in [1.807, 2.05) is 24.6 Å². The van der Waals surface area contributed by atoms with Crippen LogP contribution in [0.15, 0.2) is 36.9 Å². The highest BCUT2D eigenvalue weighted by Crippen LogP contribution is 2.32. The van der Waals surface area contributed by atoms with E-state index in [9.17, 15) is 4.79 Å². The number of hydrogen-bond donors (Lipinski definition) is 2. The van der Waals surface area contributed by atoms with Gasteiger partial charge in [-0.2, -0.15) is 0 Å². The molecule has 118 valence electrons. The normalized spacial score (nSPS) is 11.8.